The summed E-state index contributed by atoms with van der Waals surface area (Å²) in [5.74, 6) is 2.37. The van der Waals surface area contributed by atoms with Gasteiger partial charge in [0.2, 0.25) is 0 Å². The first-order valence-corrected chi connectivity index (χ1v) is 32.8. The van der Waals surface area contributed by atoms with Crippen molar-refractivity contribution in [2.75, 3.05) is 32.5 Å². The Labute approximate surface area is 304 Å². The third-order valence-corrected chi connectivity index (χ3v) is 30.8. The Bertz CT molecular complexity index is 1190. The van der Waals surface area contributed by atoms with E-state index in [9.17, 15) is 0 Å². The van der Waals surface area contributed by atoms with Crippen LogP contribution in [0.15, 0.2) is 48.5 Å². The van der Waals surface area contributed by atoms with Crippen LogP contribution in [0.1, 0.15) is 37.8 Å². The normalized spacial score (nSPS) is 23.5. The lowest BCUT2D eigenvalue weighted by Crippen LogP contribution is -2.51. The van der Waals surface area contributed by atoms with Gasteiger partial charge in [-0.1, -0.05) is 38.1 Å². The van der Waals surface area contributed by atoms with E-state index in [4.69, 9.17) is 43.0 Å². The van der Waals surface area contributed by atoms with E-state index in [1.165, 1.54) is 11.1 Å². The summed E-state index contributed by atoms with van der Waals surface area (Å²) in [6.45, 7) is 18.2. The average Bonchev–Trinajstić information content (AvgIpc) is 3.03. The molecule has 5 unspecified atom stereocenters. The zero-order valence-electron chi connectivity index (χ0n) is 30.6. The fourth-order valence-electron chi connectivity index (χ4n) is 5.51. The Balaban J connectivity index is 1.47. The quantitative estimate of drug-likeness (QED) is 0.101. The smallest absolute Gasteiger partial charge is 0.317 e. The van der Waals surface area contributed by atoms with Gasteiger partial charge in [0.25, 0.3) is 28.6 Å². The van der Waals surface area contributed by atoms with Crippen LogP contribution in [0.3, 0.4) is 0 Å². The highest BCUT2D eigenvalue weighted by Gasteiger charge is 2.38. The third kappa shape index (κ3) is 14.3. The third-order valence-electron chi connectivity index (χ3n) is 8.26. The molecule has 272 valence electrons. The molecule has 0 spiro atoms. The first-order chi connectivity index (χ1) is 22.8. The average molecular weight is 807 g/mol. The standard InChI is InChI=1S/C30H58O10SSi7/c1-30(2,27-15-19-29(20-16-27)33-22-12-24-48(10)39-45(7)35-42-36-46(8)40-48)26-13-17-28(18-14-26)32-21-11-23-47(9,37-43(5)31-3)38-44(6)34-25-41-4/h13-20,43-46H,11-12,21-25,42H2,1-10H3. The molecule has 0 bridgehead atoms. The topological polar surface area (TPSA) is 92.3 Å². The van der Waals surface area contributed by atoms with Gasteiger partial charge >= 0.3 is 35.7 Å². The maximum Gasteiger partial charge on any atom is 0.317 e. The zero-order valence-corrected chi connectivity index (χ0v) is 39.4. The zero-order chi connectivity index (χ0) is 35.2. The molecule has 2 aromatic carbocycles. The molecule has 0 aliphatic carbocycles. The minimum absolute atomic E-state index is 0.179. The molecule has 1 fully saturated rings. The molecule has 18 heteroatoms. The Morgan fingerprint density at radius 2 is 1.35 bits per heavy atom. The maximum absolute atomic E-state index is 6.43. The van der Waals surface area contributed by atoms with Crippen molar-refractivity contribution < 1.29 is 43.0 Å². The monoisotopic (exact) mass is 806 g/mol. The Kier molecular flexibility index (Phi) is 18.0. The number of rotatable bonds is 20. The van der Waals surface area contributed by atoms with Gasteiger partial charge in [0.1, 0.15) is 11.5 Å². The van der Waals surface area contributed by atoms with Crippen molar-refractivity contribution in [3.63, 3.8) is 0 Å². The van der Waals surface area contributed by atoms with Crippen molar-refractivity contribution >= 4 is 76.0 Å². The second-order valence-corrected chi connectivity index (χ2v) is 31.2. The van der Waals surface area contributed by atoms with Crippen LogP contribution in [0, 0.1) is 0 Å². The van der Waals surface area contributed by atoms with Crippen LogP contribution in [-0.4, -0.2) is 96.8 Å². The van der Waals surface area contributed by atoms with Crippen molar-refractivity contribution in [2.45, 2.75) is 83.5 Å². The molecule has 2 aromatic rings. The van der Waals surface area contributed by atoms with Crippen molar-refractivity contribution in [2.24, 2.45) is 0 Å². The van der Waals surface area contributed by atoms with Crippen LogP contribution in [-0.2, 0) is 39.0 Å². The highest BCUT2D eigenvalue weighted by Crippen LogP contribution is 2.33. The van der Waals surface area contributed by atoms with E-state index in [0.29, 0.717) is 19.2 Å². The number of ether oxygens (including phenoxy) is 2. The van der Waals surface area contributed by atoms with Crippen molar-refractivity contribution in [3.8, 4) is 11.5 Å². The molecule has 5 atom stereocenters. The molecule has 0 N–H and O–H groups in total. The summed E-state index contributed by atoms with van der Waals surface area (Å²) in [6.07, 6.45) is 3.74. The van der Waals surface area contributed by atoms with Crippen molar-refractivity contribution in [1.29, 1.82) is 0 Å². The molecule has 10 nitrogen and oxygen atoms in total. The lowest BCUT2D eigenvalue weighted by atomic mass is 9.78. The van der Waals surface area contributed by atoms with Gasteiger partial charge in [-0.05, 0) is 106 Å². The van der Waals surface area contributed by atoms with Crippen LogP contribution in [0.2, 0.25) is 51.4 Å². The largest absolute Gasteiger partial charge is 0.494 e. The Morgan fingerprint density at radius 1 is 0.854 bits per heavy atom. The van der Waals surface area contributed by atoms with E-state index in [2.05, 4.69) is 95.1 Å². The first-order valence-electron chi connectivity index (χ1n) is 16.8. The Hall–Kier alpha value is -0.412. The molecule has 3 rings (SSSR count). The molecule has 1 aliphatic heterocycles. The summed E-state index contributed by atoms with van der Waals surface area (Å²) in [7, 11) is -10.8. The summed E-state index contributed by atoms with van der Waals surface area (Å²) < 4.78 is 60.7. The van der Waals surface area contributed by atoms with Gasteiger partial charge in [0.15, 0.2) is 0 Å². The van der Waals surface area contributed by atoms with Gasteiger partial charge < -0.3 is 43.0 Å². The van der Waals surface area contributed by atoms with Gasteiger partial charge in [0.05, 0.1) is 19.2 Å². The fourth-order valence-corrected chi connectivity index (χ4v) is 27.9. The van der Waals surface area contributed by atoms with Crippen LogP contribution >= 0.6 is 11.8 Å². The van der Waals surface area contributed by atoms with E-state index >= 15 is 0 Å². The highest BCUT2D eigenvalue weighted by atomic mass is 32.2. The second kappa shape index (κ2) is 20.6. The summed E-state index contributed by atoms with van der Waals surface area (Å²) in [5.41, 5.74) is 2.26. The summed E-state index contributed by atoms with van der Waals surface area (Å²) in [5, 5.41) is 0. The predicted octanol–water partition coefficient (Wildman–Crippen LogP) is 5.19. The minimum Gasteiger partial charge on any atom is -0.494 e. The molecule has 0 aromatic heterocycles. The van der Waals surface area contributed by atoms with Crippen molar-refractivity contribution in [3.05, 3.63) is 59.7 Å². The molecule has 0 saturated carbocycles. The van der Waals surface area contributed by atoms with E-state index in [1.807, 2.05) is 12.8 Å². The molecule has 0 radical (unpaired) electrons. The maximum atomic E-state index is 6.43. The summed E-state index contributed by atoms with van der Waals surface area (Å²) in [6, 6.07) is 18.6. The second-order valence-electron chi connectivity index (χ2n) is 12.8. The molecule has 1 aliphatic rings. The summed E-state index contributed by atoms with van der Waals surface area (Å²) >= 11 is 1.66. The molecular formula is C30H58O10SSi7. The highest BCUT2D eigenvalue weighted by molar-refractivity contribution is 7.98. The number of hydrogen-bond acceptors (Lipinski definition) is 11. The lowest BCUT2D eigenvalue weighted by Gasteiger charge is -2.35. The van der Waals surface area contributed by atoms with Gasteiger partial charge in [-0.15, -0.1) is 11.8 Å². The van der Waals surface area contributed by atoms with Crippen LogP contribution < -0.4 is 9.47 Å². The predicted molar refractivity (Wildman–Crippen MR) is 212 cm³/mol. The number of thioether (sulfide) groups is 1. The molecular weight excluding hydrogens is 749 g/mol. The van der Waals surface area contributed by atoms with Gasteiger partial charge in [-0.2, -0.15) is 0 Å². The van der Waals surface area contributed by atoms with Gasteiger partial charge in [-0.3, -0.25) is 0 Å². The van der Waals surface area contributed by atoms with E-state index < -0.39 is 64.3 Å². The fraction of sp³-hybridized carbons (Fsp3) is 0.600. The van der Waals surface area contributed by atoms with Crippen LogP contribution in [0.5, 0.6) is 11.5 Å². The minimum atomic E-state index is -2.43. The molecule has 48 heavy (non-hydrogen) atoms. The van der Waals surface area contributed by atoms with Gasteiger partial charge in [-0.25, -0.2) is 0 Å². The van der Waals surface area contributed by atoms with E-state index in [1.54, 1.807) is 18.9 Å². The van der Waals surface area contributed by atoms with Crippen LogP contribution in [0.4, 0.5) is 0 Å². The van der Waals surface area contributed by atoms with E-state index in [0.717, 1.165) is 36.4 Å². The Morgan fingerprint density at radius 3 is 1.85 bits per heavy atom. The van der Waals surface area contributed by atoms with Gasteiger partial charge in [0, 0.05) is 12.5 Å². The molecule has 1 saturated heterocycles. The van der Waals surface area contributed by atoms with Crippen molar-refractivity contribution in [1.82, 2.24) is 0 Å². The number of hydrogen-bond donors (Lipinski definition) is 0. The van der Waals surface area contributed by atoms with E-state index in [-0.39, 0.29) is 5.41 Å². The van der Waals surface area contributed by atoms with Crippen LogP contribution in [0.25, 0.3) is 0 Å². The SMILES string of the molecule is CO[SiH](C)O[Si](C)(CCCOc1ccc(C(C)(C)c2ccc(OCCC[Si]3(C)O[SiH](C)O[SiH2]O[SiH](C)O3)cc2)cc1)O[SiH](C)OCSC. The number of benzene rings is 2. The first kappa shape index (κ1) is 42.0. The summed E-state index contributed by atoms with van der Waals surface area (Å²) in [4.78, 5) is 0. The molecule has 1 heterocycles. The molecule has 0 amide bonds. The lowest BCUT2D eigenvalue weighted by molar-refractivity contribution is 0.259.